The van der Waals surface area contributed by atoms with Crippen LogP contribution in [0.1, 0.15) is 77.7 Å². The number of benzene rings is 1. The first kappa shape index (κ1) is 34.0. The summed E-state index contributed by atoms with van der Waals surface area (Å²) in [7, 11) is 0. The predicted molar refractivity (Wildman–Crippen MR) is 165 cm³/mol. The molecular formula is C32H45ClN2O4S. The van der Waals surface area contributed by atoms with Crippen molar-refractivity contribution in [3.05, 3.63) is 34.9 Å². The number of thioether (sulfide) groups is 1. The van der Waals surface area contributed by atoms with E-state index in [0.717, 1.165) is 31.2 Å². The number of terminal acetylenes is 2. The number of rotatable bonds is 14. The largest absolute Gasteiger partial charge is 0.389 e. The van der Waals surface area contributed by atoms with Crippen LogP contribution < -0.4 is 10.6 Å². The fourth-order valence-corrected chi connectivity index (χ4v) is 6.19. The third kappa shape index (κ3) is 12.1. The third-order valence-electron chi connectivity index (χ3n) is 7.19. The molecule has 40 heavy (non-hydrogen) atoms. The van der Waals surface area contributed by atoms with Gasteiger partial charge in [-0.15, -0.1) is 24.7 Å². The number of hydrogen-bond acceptors (Lipinski definition) is 5. The zero-order chi connectivity index (χ0) is 29.7. The molecule has 0 radical (unpaired) electrons. The average Bonchev–Trinajstić information content (AvgIpc) is 2.90. The molecule has 0 spiro atoms. The van der Waals surface area contributed by atoms with Crippen LogP contribution in [-0.4, -0.2) is 56.8 Å². The Morgan fingerprint density at radius 1 is 1.07 bits per heavy atom. The summed E-state index contributed by atoms with van der Waals surface area (Å²) in [5.41, 5.74) is 0.929. The van der Waals surface area contributed by atoms with Gasteiger partial charge in [-0.25, -0.2) is 0 Å². The van der Waals surface area contributed by atoms with E-state index in [0.29, 0.717) is 29.5 Å². The fraction of sp³-hybridized carbons (Fsp3) is 0.625. The molecule has 6 nitrogen and oxygen atoms in total. The topological polar surface area (TPSA) is 98.7 Å². The summed E-state index contributed by atoms with van der Waals surface area (Å²) < 4.78 is -0.0514. The van der Waals surface area contributed by atoms with Gasteiger partial charge in [0.05, 0.1) is 18.1 Å². The fourth-order valence-electron chi connectivity index (χ4n) is 5.00. The summed E-state index contributed by atoms with van der Waals surface area (Å²) in [6.07, 6.45) is 14.9. The van der Waals surface area contributed by atoms with Crippen molar-refractivity contribution in [2.24, 2.45) is 11.8 Å². The number of nitrogens with one attached hydrogen (secondary N) is 2. The lowest BCUT2D eigenvalue weighted by molar-refractivity contribution is -0.132. The minimum absolute atomic E-state index is 0.00692. The first-order valence-electron chi connectivity index (χ1n) is 14.2. The molecule has 2 amide bonds. The minimum Gasteiger partial charge on any atom is -0.389 e. The molecule has 2 rings (SSSR count). The molecule has 1 aliphatic rings. The summed E-state index contributed by atoms with van der Waals surface area (Å²) in [4.78, 5) is 27.0. The maximum atomic E-state index is 13.6. The molecule has 0 heterocycles. The summed E-state index contributed by atoms with van der Waals surface area (Å²) in [5.74, 6) is 4.56. The molecule has 4 N–H and O–H groups in total. The molecule has 0 unspecified atom stereocenters. The molecule has 1 aromatic rings. The highest BCUT2D eigenvalue weighted by Gasteiger charge is 2.33. The molecule has 8 heteroatoms. The van der Waals surface area contributed by atoms with Crippen molar-refractivity contribution in [3.63, 3.8) is 0 Å². The van der Waals surface area contributed by atoms with Crippen LogP contribution in [0, 0.1) is 36.5 Å². The lowest BCUT2D eigenvalue weighted by atomic mass is 9.82. The van der Waals surface area contributed by atoms with Crippen LogP contribution in [0.15, 0.2) is 24.3 Å². The van der Waals surface area contributed by atoms with Gasteiger partial charge < -0.3 is 20.8 Å². The van der Waals surface area contributed by atoms with Gasteiger partial charge in [-0.1, -0.05) is 76.6 Å². The summed E-state index contributed by atoms with van der Waals surface area (Å²) in [5, 5.41) is 27.7. The highest BCUT2D eigenvalue weighted by Crippen LogP contribution is 2.29. The van der Waals surface area contributed by atoms with Gasteiger partial charge in [0.25, 0.3) is 0 Å². The van der Waals surface area contributed by atoms with Gasteiger partial charge in [0, 0.05) is 28.4 Å². The third-order valence-corrected chi connectivity index (χ3v) is 8.86. The van der Waals surface area contributed by atoms with E-state index in [-0.39, 0.29) is 23.5 Å². The molecule has 0 aliphatic heterocycles. The molecule has 220 valence electrons. The van der Waals surface area contributed by atoms with E-state index in [2.05, 4.69) is 43.2 Å². The van der Waals surface area contributed by atoms with Crippen LogP contribution >= 0.6 is 23.4 Å². The number of hydrogen-bond donors (Lipinski definition) is 4. The van der Waals surface area contributed by atoms with E-state index >= 15 is 0 Å². The van der Waals surface area contributed by atoms with Crippen LogP contribution in [0.2, 0.25) is 5.02 Å². The zero-order valence-corrected chi connectivity index (χ0v) is 25.6. The van der Waals surface area contributed by atoms with Crippen molar-refractivity contribution >= 4 is 35.2 Å². The molecule has 0 aromatic heterocycles. The van der Waals surface area contributed by atoms with E-state index in [1.54, 1.807) is 17.8 Å². The molecule has 5 atom stereocenters. The number of carbonyl (C=O) groups is 2. The lowest BCUT2D eigenvalue weighted by Gasteiger charge is -2.33. The molecule has 1 aliphatic carbocycles. The summed E-state index contributed by atoms with van der Waals surface area (Å²) >= 11 is 7.85. The smallest absolute Gasteiger partial charge is 0.243 e. The van der Waals surface area contributed by atoms with Gasteiger partial charge in [0.15, 0.2) is 0 Å². The Bertz CT molecular complexity index is 1040. The Kier molecular flexibility index (Phi) is 14.4. The summed E-state index contributed by atoms with van der Waals surface area (Å²) in [6.45, 7) is 6.27. The second-order valence-corrected chi connectivity index (χ2v) is 14.0. The van der Waals surface area contributed by atoms with E-state index in [1.165, 1.54) is 6.42 Å². The van der Waals surface area contributed by atoms with E-state index in [1.807, 2.05) is 18.2 Å². The van der Waals surface area contributed by atoms with Crippen molar-refractivity contribution in [3.8, 4) is 24.7 Å². The standard InChI is InChI=1S/C32H45ClN2O4S/c1-6-12-26(31(39)35-27(29(37)28(36)13-7-2)20-22-14-9-8-10-15-22)34-30(38)24(21-40-32(3,4)5)18-23-16-11-17-25(33)19-23/h1-2,11,16-17,19,22,24,26-29,36-37H,8-10,12-15,18,20-21H2,3-5H3,(H,34,38)(H,35,39)/t24-,26+,27+,28+,29-/m1/s1. The Hall–Kier alpha value is -2.16. The lowest BCUT2D eigenvalue weighted by Crippen LogP contribution is -2.55. The van der Waals surface area contributed by atoms with Gasteiger partial charge in [0.2, 0.25) is 11.8 Å². The Morgan fingerprint density at radius 3 is 2.35 bits per heavy atom. The van der Waals surface area contributed by atoms with Crippen LogP contribution in [0.4, 0.5) is 0 Å². The first-order chi connectivity index (χ1) is 18.9. The summed E-state index contributed by atoms with van der Waals surface area (Å²) in [6, 6.07) is 5.71. The Labute approximate surface area is 249 Å². The molecule has 0 bridgehead atoms. The van der Waals surface area contributed by atoms with Crippen LogP contribution in [0.25, 0.3) is 0 Å². The van der Waals surface area contributed by atoms with Crippen LogP contribution in [0.5, 0.6) is 0 Å². The van der Waals surface area contributed by atoms with E-state index < -0.39 is 36.1 Å². The maximum Gasteiger partial charge on any atom is 0.243 e. The minimum atomic E-state index is -1.23. The SMILES string of the molecule is C#CC[C@H](NC(=O)[C@@H](CSC(C)(C)C)Cc1cccc(Cl)c1)C(=O)N[C@@H](CC1CCCCC1)[C@@H](O)[C@@H](O)CC#C. The number of aliphatic hydroxyl groups is 2. The van der Waals surface area contributed by atoms with Crippen molar-refractivity contribution in [1.82, 2.24) is 10.6 Å². The number of carbonyl (C=O) groups excluding carboxylic acids is 2. The average molecular weight is 589 g/mol. The second-order valence-electron chi connectivity index (χ2n) is 11.7. The molecule has 0 saturated heterocycles. The van der Waals surface area contributed by atoms with Crippen LogP contribution in [-0.2, 0) is 16.0 Å². The van der Waals surface area contributed by atoms with Gasteiger partial charge >= 0.3 is 0 Å². The number of aliphatic hydroxyl groups excluding tert-OH is 2. The zero-order valence-electron chi connectivity index (χ0n) is 24.0. The van der Waals surface area contributed by atoms with Gasteiger partial charge in [-0.05, 0) is 36.5 Å². The maximum absolute atomic E-state index is 13.6. The normalized spacial score (nSPS) is 17.9. The highest BCUT2D eigenvalue weighted by molar-refractivity contribution is 8.00. The molecule has 1 fully saturated rings. The molecule has 1 saturated carbocycles. The Balaban J connectivity index is 2.19. The number of amides is 2. The van der Waals surface area contributed by atoms with E-state index in [4.69, 9.17) is 24.4 Å². The highest BCUT2D eigenvalue weighted by atomic mass is 35.5. The second kappa shape index (κ2) is 16.9. The monoisotopic (exact) mass is 588 g/mol. The van der Waals surface area contributed by atoms with Gasteiger partial charge in [-0.3, -0.25) is 9.59 Å². The van der Waals surface area contributed by atoms with Gasteiger partial charge in [0.1, 0.15) is 12.1 Å². The van der Waals surface area contributed by atoms with Crippen molar-refractivity contribution in [1.29, 1.82) is 0 Å². The molecule has 1 aromatic carbocycles. The van der Waals surface area contributed by atoms with Crippen molar-refractivity contribution in [2.75, 3.05) is 5.75 Å². The van der Waals surface area contributed by atoms with Crippen molar-refractivity contribution < 1.29 is 19.8 Å². The number of halogens is 1. The first-order valence-corrected chi connectivity index (χ1v) is 15.5. The predicted octanol–water partition coefficient (Wildman–Crippen LogP) is 4.74. The van der Waals surface area contributed by atoms with E-state index in [9.17, 15) is 19.8 Å². The van der Waals surface area contributed by atoms with Gasteiger partial charge in [-0.2, -0.15) is 11.8 Å². The Morgan fingerprint density at radius 2 is 1.75 bits per heavy atom. The van der Waals surface area contributed by atoms with Crippen LogP contribution in [0.3, 0.4) is 0 Å². The van der Waals surface area contributed by atoms with Crippen molar-refractivity contribution in [2.45, 2.75) is 108 Å². The molecular weight excluding hydrogens is 544 g/mol. The quantitative estimate of drug-likeness (QED) is 0.235.